The van der Waals surface area contributed by atoms with E-state index in [1.54, 1.807) is 7.11 Å². The number of rotatable bonds is 10. The number of methoxy groups -OCH3 is 1. The summed E-state index contributed by atoms with van der Waals surface area (Å²) in [6.45, 7) is 10.1. The highest BCUT2D eigenvalue weighted by molar-refractivity contribution is 5.85. The molecular weight excluding hydrogens is 397 g/mol. The Labute approximate surface area is 183 Å². The van der Waals surface area contributed by atoms with Crippen LogP contribution in [-0.2, 0) is 4.79 Å². The Hall–Kier alpha value is -1.01. The SMILES string of the molecule is CCCN(CCC)CCCC(=O)N1CCNCC1c1ccccc1OC.Cl.Cl. The lowest BCUT2D eigenvalue weighted by atomic mass is 10.0. The fourth-order valence-electron chi connectivity index (χ4n) is 3.79. The van der Waals surface area contributed by atoms with Crippen molar-refractivity contribution in [1.82, 2.24) is 15.1 Å². The first-order valence-corrected chi connectivity index (χ1v) is 10.1. The average molecular weight is 434 g/mol. The van der Waals surface area contributed by atoms with Crippen molar-refractivity contribution in [1.29, 1.82) is 0 Å². The highest BCUT2D eigenvalue weighted by Crippen LogP contribution is 2.30. The molecule has 1 aromatic rings. The van der Waals surface area contributed by atoms with Gasteiger partial charge in [-0.1, -0.05) is 32.0 Å². The molecule has 1 atom stereocenters. The molecule has 0 spiro atoms. The van der Waals surface area contributed by atoms with Gasteiger partial charge in [0.05, 0.1) is 13.2 Å². The highest BCUT2D eigenvalue weighted by Gasteiger charge is 2.29. The zero-order valence-electron chi connectivity index (χ0n) is 17.5. The Bertz CT molecular complexity index is 554. The molecule has 162 valence electrons. The van der Waals surface area contributed by atoms with Crippen LogP contribution in [0.15, 0.2) is 24.3 Å². The molecule has 1 N–H and O–H groups in total. The molecule has 1 heterocycles. The number of halogens is 2. The number of para-hydroxylation sites is 1. The van der Waals surface area contributed by atoms with Gasteiger partial charge in [0.1, 0.15) is 5.75 Å². The average Bonchev–Trinajstić information content (AvgIpc) is 2.68. The molecule has 1 aliphatic heterocycles. The predicted octanol–water partition coefficient (Wildman–Crippen LogP) is 3.91. The van der Waals surface area contributed by atoms with E-state index in [9.17, 15) is 4.79 Å². The number of carbonyl (C=O) groups excluding carboxylic acids is 1. The van der Waals surface area contributed by atoms with Crippen LogP contribution in [-0.4, -0.2) is 62.1 Å². The van der Waals surface area contributed by atoms with E-state index in [0.717, 1.165) is 57.0 Å². The van der Waals surface area contributed by atoms with Gasteiger partial charge in [0.2, 0.25) is 5.91 Å². The van der Waals surface area contributed by atoms with Crippen molar-refractivity contribution in [2.75, 3.05) is 46.4 Å². The van der Waals surface area contributed by atoms with Gasteiger partial charge < -0.3 is 19.9 Å². The zero-order chi connectivity index (χ0) is 18.8. The van der Waals surface area contributed by atoms with E-state index in [1.807, 2.05) is 23.1 Å². The monoisotopic (exact) mass is 433 g/mol. The Balaban J connectivity index is 0.00000364. The van der Waals surface area contributed by atoms with E-state index in [0.29, 0.717) is 6.42 Å². The molecule has 0 saturated carbocycles. The summed E-state index contributed by atoms with van der Waals surface area (Å²) < 4.78 is 5.52. The smallest absolute Gasteiger partial charge is 0.223 e. The highest BCUT2D eigenvalue weighted by atomic mass is 35.5. The van der Waals surface area contributed by atoms with Crippen LogP contribution in [0.2, 0.25) is 0 Å². The van der Waals surface area contributed by atoms with E-state index < -0.39 is 0 Å². The fourth-order valence-corrected chi connectivity index (χ4v) is 3.79. The Morgan fingerprint density at radius 2 is 1.86 bits per heavy atom. The molecule has 0 bridgehead atoms. The first kappa shape index (κ1) is 27.0. The van der Waals surface area contributed by atoms with Gasteiger partial charge in [0.15, 0.2) is 0 Å². The largest absolute Gasteiger partial charge is 0.496 e. The van der Waals surface area contributed by atoms with E-state index >= 15 is 0 Å². The minimum Gasteiger partial charge on any atom is -0.496 e. The molecule has 1 aromatic carbocycles. The molecular formula is C21H37Cl2N3O2. The number of benzene rings is 1. The van der Waals surface area contributed by atoms with Crippen LogP contribution < -0.4 is 10.1 Å². The van der Waals surface area contributed by atoms with Crippen LogP contribution in [0, 0.1) is 0 Å². The number of amides is 1. The minimum atomic E-state index is 0. The topological polar surface area (TPSA) is 44.8 Å². The number of carbonyl (C=O) groups is 1. The zero-order valence-corrected chi connectivity index (χ0v) is 19.1. The van der Waals surface area contributed by atoms with Crippen molar-refractivity contribution in [2.24, 2.45) is 0 Å². The molecule has 1 aliphatic rings. The summed E-state index contributed by atoms with van der Waals surface area (Å²) >= 11 is 0. The van der Waals surface area contributed by atoms with Gasteiger partial charge in [0.25, 0.3) is 0 Å². The molecule has 0 aliphatic carbocycles. The van der Waals surface area contributed by atoms with Gasteiger partial charge in [-0.05, 0) is 45.0 Å². The van der Waals surface area contributed by atoms with E-state index in [1.165, 1.54) is 12.8 Å². The molecule has 5 nitrogen and oxygen atoms in total. The van der Waals surface area contributed by atoms with Crippen LogP contribution in [0.4, 0.5) is 0 Å². The second kappa shape index (κ2) is 14.9. The lowest BCUT2D eigenvalue weighted by Crippen LogP contribution is -2.48. The van der Waals surface area contributed by atoms with Crippen molar-refractivity contribution >= 4 is 30.7 Å². The molecule has 1 fully saturated rings. The summed E-state index contributed by atoms with van der Waals surface area (Å²) in [6, 6.07) is 8.08. The summed E-state index contributed by atoms with van der Waals surface area (Å²) in [5.41, 5.74) is 1.09. The summed E-state index contributed by atoms with van der Waals surface area (Å²) in [6.07, 6.45) is 3.89. The predicted molar refractivity (Wildman–Crippen MR) is 121 cm³/mol. The van der Waals surface area contributed by atoms with Gasteiger partial charge in [-0.25, -0.2) is 0 Å². The summed E-state index contributed by atoms with van der Waals surface area (Å²) in [5.74, 6) is 1.12. The fraction of sp³-hybridized carbons (Fsp3) is 0.667. The van der Waals surface area contributed by atoms with Crippen molar-refractivity contribution < 1.29 is 9.53 Å². The third-order valence-electron chi connectivity index (χ3n) is 5.01. The molecule has 0 aromatic heterocycles. The lowest BCUT2D eigenvalue weighted by Gasteiger charge is -2.37. The normalized spacial score (nSPS) is 16.3. The van der Waals surface area contributed by atoms with E-state index in [4.69, 9.17) is 4.74 Å². The molecule has 1 amide bonds. The maximum atomic E-state index is 12.9. The molecule has 0 radical (unpaired) electrons. The molecule has 28 heavy (non-hydrogen) atoms. The van der Waals surface area contributed by atoms with Crippen LogP contribution >= 0.6 is 24.8 Å². The summed E-state index contributed by atoms with van der Waals surface area (Å²) in [4.78, 5) is 17.4. The molecule has 2 rings (SSSR count). The molecule has 7 heteroatoms. The maximum Gasteiger partial charge on any atom is 0.223 e. The third kappa shape index (κ3) is 7.78. The second-order valence-electron chi connectivity index (χ2n) is 6.99. The number of hydrogen-bond donors (Lipinski definition) is 1. The molecule has 1 saturated heterocycles. The standard InChI is InChI=1S/C21H35N3O2.2ClH/c1-4-13-23(14-5-2)15-8-11-21(25)24-16-12-22-17-19(24)18-9-6-7-10-20(18)26-3;;/h6-7,9-10,19,22H,4-5,8,11-17H2,1-3H3;2*1H. The number of piperazine rings is 1. The Morgan fingerprint density at radius 1 is 1.18 bits per heavy atom. The van der Waals surface area contributed by atoms with E-state index in [2.05, 4.69) is 30.1 Å². The van der Waals surface area contributed by atoms with Gasteiger partial charge in [-0.2, -0.15) is 0 Å². The van der Waals surface area contributed by atoms with Crippen molar-refractivity contribution in [2.45, 2.75) is 45.6 Å². The number of ether oxygens (including phenoxy) is 1. The van der Waals surface area contributed by atoms with Gasteiger partial charge in [-0.15, -0.1) is 24.8 Å². The summed E-state index contributed by atoms with van der Waals surface area (Å²) in [5, 5.41) is 3.42. The van der Waals surface area contributed by atoms with Gasteiger partial charge >= 0.3 is 0 Å². The minimum absolute atomic E-state index is 0. The van der Waals surface area contributed by atoms with Gasteiger partial charge in [0, 0.05) is 31.6 Å². The second-order valence-corrected chi connectivity index (χ2v) is 6.99. The lowest BCUT2D eigenvalue weighted by molar-refractivity contribution is -0.134. The quantitative estimate of drug-likeness (QED) is 0.607. The number of nitrogens with zero attached hydrogens (tertiary/aromatic N) is 2. The van der Waals surface area contributed by atoms with Crippen LogP contribution in [0.3, 0.4) is 0 Å². The van der Waals surface area contributed by atoms with E-state index in [-0.39, 0.29) is 36.8 Å². The molecule has 1 unspecified atom stereocenters. The van der Waals surface area contributed by atoms with Crippen LogP contribution in [0.1, 0.15) is 51.1 Å². The van der Waals surface area contributed by atoms with Crippen molar-refractivity contribution in [3.05, 3.63) is 29.8 Å². The van der Waals surface area contributed by atoms with Crippen molar-refractivity contribution in [3.63, 3.8) is 0 Å². The first-order chi connectivity index (χ1) is 12.7. The van der Waals surface area contributed by atoms with Crippen LogP contribution in [0.5, 0.6) is 5.75 Å². The Morgan fingerprint density at radius 3 is 2.50 bits per heavy atom. The van der Waals surface area contributed by atoms with Gasteiger partial charge in [-0.3, -0.25) is 4.79 Å². The summed E-state index contributed by atoms with van der Waals surface area (Å²) in [7, 11) is 1.69. The number of hydrogen-bond acceptors (Lipinski definition) is 4. The Kier molecular flexibility index (Phi) is 14.4. The third-order valence-corrected chi connectivity index (χ3v) is 5.01. The van der Waals surface area contributed by atoms with Crippen molar-refractivity contribution in [3.8, 4) is 5.75 Å². The van der Waals surface area contributed by atoms with Crippen LogP contribution in [0.25, 0.3) is 0 Å². The first-order valence-electron chi connectivity index (χ1n) is 10.1. The number of nitrogens with one attached hydrogen (secondary N) is 1. The maximum absolute atomic E-state index is 12.9.